The lowest BCUT2D eigenvalue weighted by molar-refractivity contribution is -0.137. The van der Waals surface area contributed by atoms with E-state index in [0.29, 0.717) is 0 Å². The predicted octanol–water partition coefficient (Wildman–Crippen LogP) is 1.75. The van der Waals surface area contributed by atoms with Crippen molar-refractivity contribution in [2.24, 2.45) is 0 Å². The first-order valence-corrected chi connectivity index (χ1v) is 7.39. The van der Waals surface area contributed by atoms with Gasteiger partial charge < -0.3 is 5.32 Å². The molecule has 1 aromatic rings. The highest BCUT2D eigenvalue weighted by Gasteiger charge is 2.32. The zero-order valence-corrected chi connectivity index (χ0v) is 11.7. The average Bonchev–Trinajstić information content (AvgIpc) is 2.35. The smallest absolute Gasteiger partial charge is 0.358 e. The average molecular weight is 309 g/mol. The summed E-state index contributed by atoms with van der Waals surface area (Å²) in [6.07, 6.45) is -4.54. The Morgan fingerprint density at radius 1 is 1.35 bits per heavy atom. The Balaban J connectivity index is 3.02. The minimum atomic E-state index is -4.54. The predicted molar refractivity (Wildman–Crippen MR) is 67.6 cm³/mol. The maximum absolute atomic E-state index is 12.5. The fourth-order valence-electron chi connectivity index (χ4n) is 1.56. The van der Waals surface area contributed by atoms with E-state index in [2.05, 4.69) is 5.32 Å². The number of carbonyl (C=O) groups is 1. The summed E-state index contributed by atoms with van der Waals surface area (Å²) >= 11 is 0. The first kappa shape index (κ1) is 16.5. The number of nitrogens with one attached hydrogen (secondary N) is 1. The van der Waals surface area contributed by atoms with Crippen LogP contribution in [0.25, 0.3) is 0 Å². The summed E-state index contributed by atoms with van der Waals surface area (Å²) in [4.78, 5) is 11.3. The van der Waals surface area contributed by atoms with Crippen LogP contribution >= 0.6 is 0 Å². The van der Waals surface area contributed by atoms with Crippen LogP contribution in [-0.4, -0.2) is 26.6 Å². The summed E-state index contributed by atoms with van der Waals surface area (Å²) in [5.41, 5.74) is -0.923. The van der Waals surface area contributed by atoms with Gasteiger partial charge in [0.1, 0.15) is 5.25 Å². The first-order chi connectivity index (χ1) is 9.08. The Labute approximate surface area is 114 Å². The molecule has 20 heavy (non-hydrogen) atoms. The number of hydrogen-bond acceptors (Lipinski definition) is 3. The van der Waals surface area contributed by atoms with Gasteiger partial charge in [-0.05, 0) is 18.6 Å². The van der Waals surface area contributed by atoms with E-state index in [-0.39, 0.29) is 5.56 Å². The number of sulfone groups is 1. The van der Waals surface area contributed by atoms with Gasteiger partial charge in [-0.2, -0.15) is 13.2 Å². The van der Waals surface area contributed by atoms with Crippen molar-refractivity contribution in [1.29, 1.82) is 0 Å². The molecule has 0 saturated heterocycles. The highest BCUT2D eigenvalue weighted by atomic mass is 32.2. The van der Waals surface area contributed by atoms with Gasteiger partial charge >= 0.3 is 6.18 Å². The van der Waals surface area contributed by atoms with Gasteiger partial charge in [-0.15, -0.1) is 0 Å². The molecular formula is C12H14F3NO3S. The van der Waals surface area contributed by atoms with Crippen LogP contribution < -0.4 is 5.32 Å². The summed E-state index contributed by atoms with van der Waals surface area (Å²) in [5, 5.41) is 0.877. The quantitative estimate of drug-likeness (QED) is 0.922. The molecule has 8 heteroatoms. The van der Waals surface area contributed by atoms with Crippen LogP contribution in [0.2, 0.25) is 0 Å². The van der Waals surface area contributed by atoms with Crippen molar-refractivity contribution >= 4 is 15.7 Å². The van der Waals surface area contributed by atoms with Crippen LogP contribution in [0.5, 0.6) is 0 Å². The lowest BCUT2D eigenvalue weighted by atomic mass is 10.1. The molecule has 1 atom stereocenters. The molecule has 0 aliphatic carbocycles. The van der Waals surface area contributed by atoms with E-state index in [0.717, 1.165) is 18.2 Å². The van der Waals surface area contributed by atoms with E-state index >= 15 is 0 Å². The number of alkyl halides is 3. The first-order valence-electron chi connectivity index (χ1n) is 5.67. The number of carbonyl (C=O) groups excluding carboxylic acids is 1. The standard InChI is InChI=1S/C12H14F3NO3S/c1-8(11(17)16-2)20(18,19)7-9-4-3-5-10(6-9)12(13,14)15/h3-6,8H,7H2,1-2H3,(H,16,17)/t8-/m1/s1. The molecule has 0 aromatic heterocycles. The van der Waals surface area contributed by atoms with E-state index in [4.69, 9.17) is 0 Å². The molecule has 4 nitrogen and oxygen atoms in total. The zero-order chi connectivity index (χ0) is 15.6. The van der Waals surface area contributed by atoms with Crippen molar-refractivity contribution in [3.05, 3.63) is 35.4 Å². The number of halogens is 3. The molecule has 1 aromatic carbocycles. The van der Waals surface area contributed by atoms with Crippen molar-refractivity contribution in [3.63, 3.8) is 0 Å². The monoisotopic (exact) mass is 309 g/mol. The molecule has 0 aliphatic rings. The Morgan fingerprint density at radius 2 is 1.95 bits per heavy atom. The Kier molecular flexibility index (Phi) is 4.80. The van der Waals surface area contributed by atoms with Crippen LogP contribution in [0.15, 0.2) is 24.3 Å². The lowest BCUT2D eigenvalue weighted by Gasteiger charge is -2.13. The second kappa shape index (κ2) is 5.82. The summed E-state index contributed by atoms with van der Waals surface area (Å²) in [7, 11) is -2.58. The van der Waals surface area contributed by atoms with Crippen LogP contribution in [0, 0.1) is 0 Å². The minimum Gasteiger partial charge on any atom is -0.358 e. The van der Waals surface area contributed by atoms with Crippen LogP contribution in [0.4, 0.5) is 13.2 Å². The van der Waals surface area contributed by atoms with Crippen molar-refractivity contribution < 1.29 is 26.4 Å². The minimum absolute atomic E-state index is 0.00409. The highest BCUT2D eigenvalue weighted by molar-refractivity contribution is 7.92. The largest absolute Gasteiger partial charge is 0.416 e. The van der Waals surface area contributed by atoms with E-state index in [9.17, 15) is 26.4 Å². The van der Waals surface area contributed by atoms with Crippen molar-refractivity contribution in [2.75, 3.05) is 7.05 Å². The fraction of sp³-hybridized carbons (Fsp3) is 0.417. The second-order valence-corrected chi connectivity index (χ2v) is 6.58. The zero-order valence-electron chi connectivity index (χ0n) is 10.9. The molecule has 0 spiro atoms. The van der Waals surface area contributed by atoms with Gasteiger partial charge in [0.25, 0.3) is 0 Å². The van der Waals surface area contributed by atoms with Crippen LogP contribution in [-0.2, 0) is 26.6 Å². The topological polar surface area (TPSA) is 63.2 Å². The van der Waals surface area contributed by atoms with Gasteiger partial charge in [0.2, 0.25) is 5.91 Å². The number of rotatable bonds is 4. The van der Waals surface area contributed by atoms with E-state index < -0.39 is 38.5 Å². The lowest BCUT2D eigenvalue weighted by Crippen LogP contribution is -2.36. The Hall–Kier alpha value is -1.57. The molecule has 0 aliphatic heterocycles. The number of hydrogen-bond donors (Lipinski definition) is 1. The third-order valence-corrected chi connectivity index (χ3v) is 4.80. The maximum atomic E-state index is 12.5. The molecule has 1 amide bonds. The van der Waals surface area contributed by atoms with E-state index in [1.54, 1.807) is 0 Å². The molecule has 112 valence electrons. The normalized spacial score (nSPS) is 13.8. The van der Waals surface area contributed by atoms with Crippen molar-refractivity contribution in [2.45, 2.75) is 24.1 Å². The highest BCUT2D eigenvalue weighted by Crippen LogP contribution is 2.30. The van der Waals surface area contributed by atoms with E-state index in [1.807, 2.05) is 0 Å². The SMILES string of the molecule is CNC(=O)[C@@H](C)S(=O)(=O)Cc1cccc(C(F)(F)F)c1. The van der Waals surface area contributed by atoms with Gasteiger partial charge in [-0.25, -0.2) is 8.42 Å². The molecule has 1 rings (SSSR count). The molecule has 0 fully saturated rings. The summed E-state index contributed by atoms with van der Waals surface area (Å²) < 4.78 is 61.4. The fourth-order valence-corrected chi connectivity index (χ4v) is 2.90. The summed E-state index contributed by atoms with van der Waals surface area (Å²) in [6, 6.07) is 4.05. The van der Waals surface area contributed by atoms with E-state index in [1.165, 1.54) is 20.0 Å². The molecule has 1 N–H and O–H groups in total. The van der Waals surface area contributed by atoms with Crippen LogP contribution in [0.1, 0.15) is 18.1 Å². The van der Waals surface area contributed by atoms with Crippen molar-refractivity contribution in [1.82, 2.24) is 5.32 Å². The summed E-state index contributed by atoms with van der Waals surface area (Å²) in [6.45, 7) is 1.20. The molecule has 0 saturated carbocycles. The van der Waals surface area contributed by atoms with Gasteiger partial charge in [0.05, 0.1) is 11.3 Å². The third kappa shape index (κ3) is 3.96. The Morgan fingerprint density at radius 3 is 2.45 bits per heavy atom. The van der Waals surface area contributed by atoms with Gasteiger partial charge in [-0.3, -0.25) is 4.79 Å². The van der Waals surface area contributed by atoms with Crippen LogP contribution in [0.3, 0.4) is 0 Å². The van der Waals surface area contributed by atoms with Gasteiger partial charge in [0.15, 0.2) is 9.84 Å². The Bertz CT molecular complexity index is 596. The molecule has 0 bridgehead atoms. The second-order valence-electron chi connectivity index (χ2n) is 4.26. The molecule has 0 heterocycles. The molecule has 0 unspecified atom stereocenters. The molecule has 0 radical (unpaired) electrons. The number of benzene rings is 1. The van der Waals surface area contributed by atoms with Gasteiger partial charge in [0, 0.05) is 7.05 Å². The third-order valence-electron chi connectivity index (χ3n) is 2.78. The van der Waals surface area contributed by atoms with Crippen molar-refractivity contribution in [3.8, 4) is 0 Å². The molecular weight excluding hydrogens is 295 g/mol. The maximum Gasteiger partial charge on any atom is 0.416 e. The number of amides is 1. The van der Waals surface area contributed by atoms with Gasteiger partial charge in [-0.1, -0.05) is 18.2 Å². The summed E-state index contributed by atoms with van der Waals surface area (Å²) in [5.74, 6) is -1.32.